The van der Waals surface area contributed by atoms with Gasteiger partial charge in [-0.1, -0.05) is 11.8 Å². The lowest BCUT2D eigenvalue weighted by atomic mass is 9.90. The molecule has 0 amide bonds. The number of hydrogen-bond donors (Lipinski definition) is 0. The van der Waals surface area contributed by atoms with Gasteiger partial charge in [-0.25, -0.2) is 8.78 Å². The van der Waals surface area contributed by atoms with Crippen LogP contribution in [0, 0.1) is 11.8 Å². The van der Waals surface area contributed by atoms with Gasteiger partial charge in [-0.15, -0.1) is 0 Å². The van der Waals surface area contributed by atoms with E-state index in [9.17, 15) is 26.3 Å². The zero-order valence-corrected chi connectivity index (χ0v) is 7.68. The summed E-state index contributed by atoms with van der Waals surface area (Å²) in [4.78, 5) is 0. The van der Waals surface area contributed by atoms with Gasteiger partial charge < -0.3 is 0 Å². The average molecular weight is 238 g/mol. The van der Waals surface area contributed by atoms with E-state index in [2.05, 4.69) is 0 Å². The fourth-order valence-electron chi connectivity index (χ4n) is 1.33. The molecule has 0 bridgehead atoms. The lowest BCUT2D eigenvalue weighted by molar-refractivity contribution is -0.00759. The first kappa shape index (κ1) is 11.1. The number of allylic oxidation sites excluding steroid dienone is 4. The number of rotatable bonds is 0. The Morgan fingerprint density at radius 3 is 1.25 bits per heavy atom. The van der Waals surface area contributed by atoms with Crippen LogP contribution >= 0.6 is 0 Å². The van der Waals surface area contributed by atoms with E-state index in [0.29, 0.717) is 0 Å². The first-order valence-electron chi connectivity index (χ1n) is 4.30. The Labute approximate surface area is 86.6 Å². The van der Waals surface area contributed by atoms with Crippen molar-refractivity contribution in [1.82, 2.24) is 0 Å². The van der Waals surface area contributed by atoms with E-state index in [0.717, 1.165) is 0 Å². The van der Waals surface area contributed by atoms with Crippen molar-refractivity contribution in [3.63, 3.8) is 0 Å². The number of halogens is 6. The zero-order valence-electron chi connectivity index (χ0n) is 7.68. The summed E-state index contributed by atoms with van der Waals surface area (Å²) in [6, 6.07) is 0. The van der Waals surface area contributed by atoms with Crippen molar-refractivity contribution >= 4 is 0 Å². The van der Waals surface area contributed by atoms with Gasteiger partial charge in [-0.3, -0.25) is 0 Å². The summed E-state index contributed by atoms with van der Waals surface area (Å²) >= 11 is 0. The molecule has 0 unspecified atom stereocenters. The van der Waals surface area contributed by atoms with Crippen LogP contribution in [0.3, 0.4) is 0 Å². The van der Waals surface area contributed by atoms with Crippen molar-refractivity contribution in [2.45, 2.75) is 24.7 Å². The average Bonchev–Trinajstić information content (AvgIpc) is 2.21. The molecule has 0 radical (unpaired) electrons. The van der Waals surface area contributed by atoms with Crippen molar-refractivity contribution in [2.75, 3.05) is 0 Å². The van der Waals surface area contributed by atoms with Gasteiger partial charge in [0.25, 0.3) is 0 Å². The molecule has 0 fully saturated rings. The SMILES string of the molecule is FC1=C(C#CC2=C(F)C(F)(F)C2)CC1(F)F. The van der Waals surface area contributed by atoms with Crippen molar-refractivity contribution in [1.29, 1.82) is 0 Å². The molecule has 0 aromatic heterocycles. The smallest absolute Gasteiger partial charge is 0.204 e. The maximum absolute atomic E-state index is 12.6. The van der Waals surface area contributed by atoms with Crippen molar-refractivity contribution in [3.05, 3.63) is 22.8 Å². The van der Waals surface area contributed by atoms with E-state index < -0.39 is 47.5 Å². The topological polar surface area (TPSA) is 0 Å². The summed E-state index contributed by atoms with van der Waals surface area (Å²) in [5, 5.41) is 0. The highest BCUT2D eigenvalue weighted by Crippen LogP contribution is 2.45. The van der Waals surface area contributed by atoms with Gasteiger partial charge >= 0.3 is 11.8 Å². The van der Waals surface area contributed by atoms with E-state index in [4.69, 9.17) is 0 Å². The molecule has 0 heterocycles. The number of hydrogen-bond acceptors (Lipinski definition) is 0. The molecule has 0 spiro atoms. The summed E-state index contributed by atoms with van der Waals surface area (Å²) in [5.74, 6) is -6.47. The van der Waals surface area contributed by atoms with Gasteiger partial charge in [0.15, 0.2) is 11.7 Å². The Balaban J connectivity index is 2.16. The van der Waals surface area contributed by atoms with E-state index in [1.54, 1.807) is 0 Å². The Bertz CT molecular complexity index is 429. The second-order valence-electron chi connectivity index (χ2n) is 3.60. The molecular formula is C10H4F6. The molecule has 0 aromatic rings. The van der Waals surface area contributed by atoms with Crippen molar-refractivity contribution in [2.24, 2.45) is 0 Å². The van der Waals surface area contributed by atoms with Gasteiger partial charge in [-0.2, -0.15) is 17.6 Å². The minimum atomic E-state index is -3.51. The quantitative estimate of drug-likeness (QED) is 0.447. The molecule has 0 saturated carbocycles. The van der Waals surface area contributed by atoms with Gasteiger partial charge in [0.05, 0.1) is 12.8 Å². The number of alkyl halides is 4. The Morgan fingerprint density at radius 2 is 1.06 bits per heavy atom. The maximum atomic E-state index is 12.6. The van der Waals surface area contributed by atoms with Crippen LogP contribution < -0.4 is 0 Å². The van der Waals surface area contributed by atoms with Gasteiger partial charge in [0, 0.05) is 11.1 Å². The molecule has 2 aliphatic rings. The van der Waals surface area contributed by atoms with Crippen LogP contribution in [0.15, 0.2) is 22.8 Å². The van der Waals surface area contributed by atoms with Crippen LogP contribution in [0.4, 0.5) is 26.3 Å². The highest BCUT2D eigenvalue weighted by atomic mass is 19.3. The normalized spacial score (nSPS) is 25.6. The van der Waals surface area contributed by atoms with Gasteiger partial charge in [-0.05, 0) is 0 Å². The Morgan fingerprint density at radius 1 is 0.750 bits per heavy atom. The van der Waals surface area contributed by atoms with E-state index in [1.807, 2.05) is 11.8 Å². The molecule has 0 aliphatic heterocycles. The largest absolute Gasteiger partial charge is 0.304 e. The first-order valence-corrected chi connectivity index (χ1v) is 4.30. The molecule has 0 saturated heterocycles. The molecule has 0 atom stereocenters. The summed E-state index contributed by atoms with van der Waals surface area (Å²) < 4.78 is 74.3. The van der Waals surface area contributed by atoms with Crippen LogP contribution in [0.5, 0.6) is 0 Å². The maximum Gasteiger partial charge on any atom is 0.304 e. The summed E-state index contributed by atoms with van der Waals surface area (Å²) in [6.45, 7) is 0. The van der Waals surface area contributed by atoms with Crippen LogP contribution in [0.1, 0.15) is 12.8 Å². The Kier molecular flexibility index (Phi) is 2.13. The predicted octanol–water partition coefficient (Wildman–Crippen LogP) is 3.52. The van der Waals surface area contributed by atoms with Crippen LogP contribution in [0.25, 0.3) is 0 Å². The van der Waals surface area contributed by atoms with Crippen LogP contribution in [0.2, 0.25) is 0 Å². The molecule has 16 heavy (non-hydrogen) atoms. The second kappa shape index (κ2) is 3.06. The fraction of sp³-hybridized carbons (Fsp3) is 0.400. The van der Waals surface area contributed by atoms with Gasteiger partial charge in [0.2, 0.25) is 0 Å². The molecule has 2 rings (SSSR count). The standard InChI is InChI=1S/C10H4F6/c11-7-5(3-9(7,13)14)1-2-6-4-10(15,16)8(6)12/h3-4H2. The lowest BCUT2D eigenvalue weighted by Gasteiger charge is -2.25. The third-order valence-electron chi connectivity index (χ3n) is 2.33. The summed E-state index contributed by atoms with van der Waals surface area (Å²) in [5.41, 5.74) is -0.916. The van der Waals surface area contributed by atoms with Gasteiger partial charge in [0.1, 0.15) is 0 Å². The molecule has 86 valence electrons. The van der Waals surface area contributed by atoms with E-state index in [-0.39, 0.29) is 0 Å². The molecule has 0 aromatic carbocycles. The molecular weight excluding hydrogens is 234 g/mol. The minimum Gasteiger partial charge on any atom is -0.204 e. The molecule has 0 N–H and O–H groups in total. The van der Waals surface area contributed by atoms with Crippen LogP contribution in [-0.2, 0) is 0 Å². The first-order chi connectivity index (χ1) is 7.24. The third-order valence-corrected chi connectivity index (χ3v) is 2.33. The second-order valence-corrected chi connectivity index (χ2v) is 3.60. The lowest BCUT2D eigenvalue weighted by Crippen LogP contribution is -2.29. The molecule has 6 heteroatoms. The zero-order chi connectivity index (χ0) is 12.1. The monoisotopic (exact) mass is 238 g/mol. The Hall–Kier alpha value is -1.38. The van der Waals surface area contributed by atoms with Crippen molar-refractivity contribution in [3.8, 4) is 11.8 Å². The molecule has 2 aliphatic carbocycles. The third kappa shape index (κ3) is 1.51. The molecule has 0 nitrogen and oxygen atoms in total. The van der Waals surface area contributed by atoms with Crippen molar-refractivity contribution < 1.29 is 26.3 Å². The predicted molar refractivity (Wildman–Crippen MR) is 43.2 cm³/mol. The fourth-order valence-corrected chi connectivity index (χ4v) is 1.33. The highest BCUT2D eigenvalue weighted by Gasteiger charge is 2.49. The highest BCUT2D eigenvalue weighted by molar-refractivity contribution is 5.50. The van der Waals surface area contributed by atoms with E-state index in [1.165, 1.54) is 0 Å². The summed E-state index contributed by atoms with van der Waals surface area (Å²) in [6.07, 6.45) is -1.73. The van der Waals surface area contributed by atoms with Crippen LogP contribution in [-0.4, -0.2) is 11.8 Å². The van der Waals surface area contributed by atoms with E-state index >= 15 is 0 Å². The minimum absolute atomic E-state index is 0.458. The summed E-state index contributed by atoms with van der Waals surface area (Å²) in [7, 11) is 0.